The third-order valence-electron chi connectivity index (χ3n) is 5.34. The van der Waals surface area contributed by atoms with E-state index in [0.29, 0.717) is 31.5 Å². The Morgan fingerprint density at radius 1 is 1.07 bits per heavy atom. The van der Waals surface area contributed by atoms with Crippen LogP contribution in [0.5, 0.6) is 5.75 Å². The number of piperidine rings is 1. The minimum Gasteiger partial charge on any atom is -0.406 e. The summed E-state index contributed by atoms with van der Waals surface area (Å²) in [7, 11) is 0. The molecule has 0 spiro atoms. The maximum absolute atomic E-state index is 12.5. The number of aryl methyl sites for hydroxylation is 1. The highest BCUT2D eigenvalue weighted by Crippen LogP contribution is 2.37. The molecule has 8 heteroatoms. The molecule has 3 aromatic rings. The van der Waals surface area contributed by atoms with Gasteiger partial charge in [-0.05, 0) is 49.1 Å². The van der Waals surface area contributed by atoms with Crippen LogP contribution in [0.2, 0.25) is 0 Å². The quantitative estimate of drug-likeness (QED) is 0.706. The Bertz CT molecular complexity index is 1030. The van der Waals surface area contributed by atoms with Crippen molar-refractivity contribution in [1.29, 1.82) is 0 Å². The fourth-order valence-electron chi connectivity index (χ4n) is 3.83. The number of aromatic nitrogens is 2. The number of fused-ring (bicyclic) bond motifs is 1. The van der Waals surface area contributed by atoms with Crippen LogP contribution in [0.4, 0.5) is 19.0 Å². The highest BCUT2D eigenvalue weighted by atomic mass is 19.4. The first-order valence-corrected chi connectivity index (χ1v) is 9.29. The molecule has 4 rings (SSSR count). The summed E-state index contributed by atoms with van der Waals surface area (Å²) in [5.74, 6) is 0.470. The maximum atomic E-state index is 12.5. The van der Waals surface area contributed by atoms with E-state index in [1.54, 1.807) is 6.07 Å². The van der Waals surface area contributed by atoms with Crippen LogP contribution in [0.1, 0.15) is 24.0 Å². The normalized spacial score (nSPS) is 16.8. The number of rotatable bonds is 3. The lowest BCUT2D eigenvalue weighted by atomic mass is 9.84. The van der Waals surface area contributed by atoms with Crippen molar-refractivity contribution >= 4 is 16.7 Å². The molecule has 1 fully saturated rings. The smallest absolute Gasteiger partial charge is 0.406 e. The van der Waals surface area contributed by atoms with Crippen LogP contribution in [-0.2, 0) is 5.60 Å². The van der Waals surface area contributed by atoms with Crippen molar-refractivity contribution in [1.82, 2.24) is 9.97 Å². The van der Waals surface area contributed by atoms with Gasteiger partial charge in [0.15, 0.2) is 0 Å². The summed E-state index contributed by atoms with van der Waals surface area (Å²) in [5.41, 5.74) is 1.14. The highest BCUT2D eigenvalue weighted by Gasteiger charge is 2.36. The zero-order chi connectivity index (χ0) is 20.6. The molecule has 2 aromatic carbocycles. The van der Waals surface area contributed by atoms with Crippen molar-refractivity contribution in [2.45, 2.75) is 31.7 Å². The lowest BCUT2D eigenvalue weighted by molar-refractivity contribution is -0.274. The molecule has 0 unspecified atom stereocenters. The van der Waals surface area contributed by atoms with Crippen LogP contribution >= 0.6 is 0 Å². The van der Waals surface area contributed by atoms with E-state index in [0.717, 1.165) is 22.3 Å². The second-order valence-electron chi connectivity index (χ2n) is 7.26. The maximum Gasteiger partial charge on any atom is 0.573 e. The van der Waals surface area contributed by atoms with E-state index in [4.69, 9.17) is 0 Å². The van der Waals surface area contributed by atoms with E-state index < -0.39 is 12.0 Å². The minimum absolute atomic E-state index is 0.330. The molecule has 0 aliphatic carbocycles. The predicted molar refractivity (Wildman–Crippen MR) is 103 cm³/mol. The van der Waals surface area contributed by atoms with Gasteiger partial charge in [-0.2, -0.15) is 0 Å². The lowest BCUT2D eigenvalue weighted by Gasteiger charge is -2.39. The Hall–Kier alpha value is -2.87. The van der Waals surface area contributed by atoms with Gasteiger partial charge in [-0.3, -0.25) is 0 Å². The van der Waals surface area contributed by atoms with Crippen molar-refractivity contribution in [2.75, 3.05) is 18.0 Å². The van der Waals surface area contributed by atoms with Crippen LogP contribution < -0.4 is 9.64 Å². The first-order valence-electron chi connectivity index (χ1n) is 9.29. The van der Waals surface area contributed by atoms with Crippen molar-refractivity contribution in [3.05, 3.63) is 59.9 Å². The van der Waals surface area contributed by atoms with Gasteiger partial charge < -0.3 is 14.7 Å². The molecule has 2 heterocycles. The fraction of sp³-hybridized carbons (Fsp3) is 0.333. The van der Waals surface area contributed by atoms with Gasteiger partial charge in [0.25, 0.3) is 0 Å². The summed E-state index contributed by atoms with van der Waals surface area (Å²) in [5, 5.41) is 12.0. The number of aliphatic hydroxyl groups is 1. The van der Waals surface area contributed by atoms with Crippen molar-refractivity contribution in [2.24, 2.45) is 0 Å². The van der Waals surface area contributed by atoms with Crippen molar-refractivity contribution in [3.8, 4) is 5.75 Å². The first kappa shape index (κ1) is 19.4. The van der Waals surface area contributed by atoms with Gasteiger partial charge in [0.05, 0.1) is 11.1 Å². The second-order valence-corrected chi connectivity index (χ2v) is 7.26. The molecule has 152 valence electrons. The van der Waals surface area contributed by atoms with Gasteiger partial charge in [0.2, 0.25) is 0 Å². The number of ether oxygens (including phenoxy) is 1. The molecule has 0 atom stereocenters. The van der Waals surface area contributed by atoms with Crippen LogP contribution in [0, 0.1) is 6.92 Å². The van der Waals surface area contributed by atoms with Crippen molar-refractivity contribution < 1.29 is 23.0 Å². The molecule has 1 aromatic heterocycles. The van der Waals surface area contributed by atoms with Gasteiger partial charge in [-0.1, -0.05) is 24.3 Å². The Kier molecular flexibility index (Phi) is 4.82. The van der Waals surface area contributed by atoms with Crippen LogP contribution in [0.3, 0.4) is 0 Å². The van der Waals surface area contributed by atoms with Crippen LogP contribution in [0.25, 0.3) is 10.9 Å². The third kappa shape index (κ3) is 3.98. The number of benzene rings is 2. The largest absolute Gasteiger partial charge is 0.573 e. The molecule has 1 saturated heterocycles. The SMILES string of the molecule is Cc1cccc2c(N3CCC(O)(c4cccc(OC(F)(F)F)c4)CC3)ncnc12. The Morgan fingerprint density at radius 2 is 1.79 bits per heavy atom. The summed E-state index contributed by atoms with van der Waals surface area (Å²) in [6, 6.07) is 11.5. The van der Waals surface area contributed by atoms with Gasteiger partial charge in [0, 0.05) is 18.5 Å². The van der Waals surface area contributed by atoms with Crippen LogP contribution in [-0.4, -0.2) is 34.5 Å². The highest BCUT2D eigenvalue weighted by molar-refractivity contribution is 5.91. The molecular formula is C21H20F3N3O2. The number of nitrogens with zero attached hydrogens (tertiary/aromatic N) is 3. The Balaban J connectivity index is 1.55. The zero-order valence-electron chi connectivity index (χ0n) is 15.8. The monoisotopic (exact) mass is 403 g/mol. The number of para-hydroxylation sites is 1. The van der Waals surface area contributed by atoms with Gasteiger partial charge in [-0.25, -0.2) is 9.97 Å². The fourth-order valence-corrected chi connectivity index (χ4v) is 3.83. The molecule has 5 nitrogen and oxygen atoms in total. The number of halogens is 3. The molecule has 0 radical (unpaired) electrons. The Morgan fingerprint density at radius 3 is 2.52 bits per heavy atom. The van der Waals surface area contributed by atoms with Crippen LogP contribution in [0.15, 0.2) is 48.8 Å². The van der Waals surface area contributed by atoms with E-state index in [2.05, 4.69) is 19.6 Å². The number of hydrogen-bond acceptors (Lipinski definition) is 5. The average Bonchev–Trinajstić information content (AvgIpc) is 2.68. The summed E-state index contributed by atoms with van der Waals surface area (Å²) >= 11 is 0. The molecule has 0 bridgehead atoms. The molecular weight excluding hydrogens is 383 g/mol. The molecule has 1 N–H and O–H groups in total. The third-order valence-corrected chi connectivity index (χ3v) is 5.34. The van der Waals surface area contributed by atoms with E-state index in [9.17, 15) is 18.3 Å². The standard InChI is InChI=1S/C21H20F3N3O2/c1-14-4-2-7-17-18(14)25-13-26-19(17)27-10-8-20(28,9-11-27)15-5-3-6-16(12-15)29-21(22,23)24/h2-7,12-13,28H,8-11H2,1H3. The van der Waals surface area contributed by atoms with E-state index >= 15 is 0 Å². The topological polar surface area (TPSA) is 58.5 Å². The van der Waals surface area contributed by atoms with Crippen molar-refractivity contribution in [3.63, 3.8) is 0 Å². The predicted octanol–water partition coefficient (Wildman–Crippen LogP) is 4.32. The van der Waals surface area contributed by atoms with E-state index in [1.165, 1.54) is 24.5 Å². The molecule has 0 amide bonds. The lowest BCUT2D eigenvalue weighted by Crippen LogP contribution is -2.43. The first-order chi connectivity index (χ1) is 13.8. The van der Waals surface area contributed by atoms with Gasteiger partial charge >= 0.3 is 6.36 Å². The minimum atomic E-state index is -4.77. The summed E-state index contributed by atoms with van der Waals surface area (Å²) in [4.78, 5) is 10.9. The number of hydrogen-bond donors (Lipinski definition) is 1. The second kappa shape index (κ2) is 7.18. The molecule has 1 aliphatic rings. The molecule has 29 heavy (non-hydrogen) atoms. The summed E-state index contributed by atoms with van der Waals surface area (Å²) in [6.07, 6.45) is -2.51. The average molecular weight is 403 g/mol. The molecule has 1 aliphatic heterocycles. The Labute approximate surface area is 165 Å². The zero-order valence-corrected chi connectivity index (χ0v) is 15.8. The van der Waals surface area contributed by atoms with E-state index in [-0.39, 0.29) is 5.75 Å². The number of alkyl halides is 3. The van der Waals surface area contributed by atoms with E-state index in [1.807, 2.05) is 25.1 Å². The van der Waals surface area contributed by atoms with Gasteiger partial charge in [0.1, 0.15) is 17.9 Å². The molecule has 0 saturated carbocycles. The summed E-state index contributed by atoms with van der Waals surface area (Å²) in [6.45, 7) is 3.02. The number of anilines is 1. The summed E-state index contributed by atoms with van der Waals surface area (Å²) < 4.78 is 41.5. The van der Waals surface area contributed by atoms with Gasteiger partial charge in [-0.15, -0.1) is 13.2 Å².